The quantitative estimate of drug-likeness (QED) is 0.533. The van der Waals surface area contributed by atoms with Gasteiger partial charge in [-0.3, -0.25) is 0 Å². The lowest BCUT2D eigenvalue weighted by Crippen LogP contribution is -2.07. The van der Waals surface area contributed by atoms with E-state index in [1.165, 1.54) is 18.5 Å². The summed E-state index contributed by atoms with van der Waals surface area (Å²) in [6.45, 7) is 0.510. The summed E-state index contributed by atoms with van der Waals surface area (Å²) in [6.07, 6.45) is 3.19. The van der Waals surface area contributed by atoms with Crippen molar-refractivity contribution in [2.75, 3.05) is 26.0 Å². The monoisotopic (exact) mass is 339 g/mol. The van der Waals surface area contributed by atoms with Gasteiger partial charge in [-0.1, -0.05) is 12.1 Å². The van der Waals surface area contributed by atoms with E-state index in [2.05, 4.69) is 25.8 Å². The van der Waals surface area contributed by atoms with E-state index >= 15 is 0 Å². The Balaban J connectivity index is 2.08. The van der Waals surface area contributed by atoms with Gasteiger partial charge in [0, 0.05) is 18.6 Å². The maximum atomic E-state index is 13.2. The van der Waals surface area contributed by atoms with Gasteiger partial charge in [-0.25, -0.2) is 14.4 Å². The fraction of sp³-hybridized carbons (Fsp3) is 0.167. The minimum absolute atomic E-state index is 0.272. The van der Waals surface area contributed by atoms with Gasteiger partial charge in [0.15, 0.2) is 0 Å². The van der Waals surface area contributed by atoms with Crippen LogP contribution in [-0.4, -0.2) is 36.9 Å². The van der Waals surface area contributed by atoms with Crippen LogP contribution < -0.4 is 15.5 Å². The first kappa shape index (κ1) is 16.6. The lowest BCUT2D eigenvalue weighted by atomic mass is 10.0. The molecule has 0 saturated heterocycles. The van der Waals surface area contributed by atoms with E-state index in [1.54, 1.807) is 32.5 Å². The molecule has 2 aromatic carbocycles. The van der Waals surface area contributed by atoms with Crippen LogP contribution in [0.5, 0.6) is 5.75 Å². The maximum Gasteiger partial charge on any atom is 0.145 e. The molecule has 0 bridgehead atoms. The van der Waals surface area contributed by atoms with E-state index in [0.717, 1.165) is 16.5 Å². The number of hydrogen-bond acceptors (Lipinski definition) is 6. The molecule has 3 aromatic rings. The van der Waals surface area contributed by atoms with E-state index in [4.69, 9.17) is 4.74 Å². The highest BCUT2D eigenvalue weighted by Gasteiger charge is 2.11. The third-order valence-corrected chi connectivity index (χ3v) is 3.68. The van der Waals surface area contributed by atoms with Gasteiger partial charge in [0.05, 0.1) is 13.7 Å². The number of ether oxygens (including phenoxy) is 1. The van der Waals surface area contributed by atoms with Crippen molar-refractivity contribution < 1.29 is 9.13 Å². The van der Waals surface area contributed by atoms with Crippen LogP contribution in [0.2, 0.25) is 0 Å². The Morgan fingerprint density at radius 2 is 1.96 bits per heavy atom. The average molecular weight is 339 g/mol. The second-order valence-corrected chi connectivity index (χ2v) is 5.22. The number of nitrogens with zero attached hydrogens (tertiary/aromatic N) is 3. The van der Waals surface area contributed by atoms with Crippen LogP contribution in [0.4, 0.5) is 10.2 Å². The zero-order chi connectivity index (χ0) is 17.6. The van der Waals surface area contributed by atoms with Crippen LogP contribution in [0.3, 0.4) is 0 Å². The molecule has 3 rings (SSSR count). The standard InChI is InChI=1S/C18H18FN5O/c1-20-24-8-7-21-18-15-9-13(12-3-5-14(19)6-4-12)10-16(25-2)17(15)22-11-23-18/h3-6,8-11,20H,7H2,1-2H3,(H,21,22,23)/b24-8+. The highest BCUT2D eigenvalue weighted by molar-refractivity contribution is 5.97. The lowest BCUT2D eigenvalue weighted by Gasteiger charge is -2.12. The fourth-order valence-corrected chi connectivity index (χ4v) is 2.52. The normalized spacial score (nSPS) is 11.0. The molecule has 0 aliphatic rings. The van der Waals surface area contributed by atoms with Crippen LogP contribution in [0.1, 0.15) is 0 Å². The van der Waals surface area contributed by atoms with Gasteiger partial charge < -0.3 is 15.5 Å². The predicted molar refractivity (Wildman–Crippen MR) is 97.5 cm³/mol. The summed E-state index contributed by atoms with van der Waals surface area (Å²) in [5.74, 6) is 1.03. The molecule has 0 aliphatic carbocycles. The highest BCUT2D eigenvalue weighted by Crippen LogP contribution is 2.33. The van der Waals surface area contributed by atoms with Gasteiger partial charge in [-0.05, 0) is 35.4 Å². The number of hydrazone groups is 1. The molecule has 0 atom stereocenters. The molecule has 0 saturated carbocycles. The average Bonchev–Trinajstić information content (AvgIpc) is 2.65. The highest BCUT2D eigenvalue weighted by atomic mass is 19.1. The third kappa shape index (κ3) is 3.65. The molecule has 7 heteroatoms. The van der Waals surface area contributed by atoms with Crippen molar-refractivity contribution in [1.82, 2.24) is 15.4 Å². The van der Waals surface area contributed by atoms with Crippen LogP contribution in [-0.2, 0) is 0 Å². The van der Waals surface area contributed by atoms with Crippen molar-refractivity contribution in [2.45, 2.75) is 0 Å². The molecule has 0 spiro atoms. The Hall–Kier alpha value is -3.22. The van der Waals surface area contributed by atoms with Crippen molar-refractivity contribution in [3.05, 3.63) is 48.5 Å². The van der Waals surface area contributed by atoms with Gasteiger partial charge >= 0.3 is 0 Å². The molecule has 6 nitrogen and oxygen atoms in total. The van der Waals surface area contributed by atoms with Gasteiger partial charge in [0.25, 0.3) is 0 Å². The molecular formula is C18H18FN5O. The predicted octanol–water partition coefficient (Wildman–Crippen LogP) is 3.06. The minimum Gasteiger partial charge on any atom is -0.494 e. The smallest absolute Gasteiger partial charge is 0.145 e. The molecular weight excluding hydrogens is 321 g/mol. The Morgan fingerprint density at radius 3 is 2.68 bits per heavy atom. The van der Waals surface area contributed by atoms with Crippen molar-refractivity contribution in [2.24, 2.45) is 5.10 Å². The summed E-state index contributed by atoms with van der Waals surface area (Å²) in [4.78, 5) is 8.63. The summed E-state index contributed by atoms with van der Waals surface area (Å²) < 4.78 is 18.7. The maximum absolute atomic E-state index is 13.2. The number of benzene rings is 2. The van der Waals surface area contributed by atoms with Gasteiger partial charge in [-0.15, -0.1) is 0 Å². The summed E-state index contributed by atoms with van der Waals surface area (Å²) in [7, 11) is 3.33. The first-order valence-electron chi connectivity index (χ1n) is 7.73. The summed E-state index contributed by atoms with van der Waals surface area (Å²) in [5, 5.41) is 7.96. The minimum atomic E-state index is -0.272. The van der Waals surface area contributed by atoms with Crippen LogP contribution in [0, 0.1) is 5.82 Å². The molecule has 1 heterocycles. The molecule has 0 unspecified atom stereocenters. The van der Waals surface area contributed by atoms with Gasteiger partial charge in [0.1, 0.15) is 29.2 Å². The van der Waals surface area contributed by atoms with E-state index in [9.17, 15) is 4.39 Å². The summed E-state index contributed by atoms with van der Waals surface area (Å²) in [6, 6.07) is 10.2. The van der Waals surface area contributed by atoms with Crippen molar-refractivity contribution in [1.29, 1.82) is 0 Å². The third-order valence-electron chi connectivity index (χ3n) is 3.68. The number of halogens is 1. The van der Waals surface area contributed by atoms with Crippen molar-refractivity contribution in [3.8, 4) is 16.9 Å². The molecule has 0 amide bonds. The summed E-state index contributed by atoms with van der Waals surface area (Å²) >= 11 is 0. The molecule has 1 aromatic heterocycles. The Labute approximate surface area is 144 Å². The van der Waals surface area contributed by atoms with E-state index < -0.39 is 0 Å². The molecule has 0 radical (unpaired) electrons. The van der Waals surface area contributed by atoms with Gasteiger partial charge in [-0.2, -0.15) is 5.10 Å². The second-order valence-electron chi connectivity index (χ2n) is 5.22. The Morgan fingerprint density at radius 1 is 1.16 bits per heavy atom. The van der Waals surface area contributed by atoms with Crippen LogP contribution in [0.25, 0.3) is 22.0 Å². The largest absolute Gasteiger partial charge is 0.494 e. The number of nitrogens with one attached hydrogen (secondary N) is 2. The number of anilines is 1. The Kier molecular flexibility index (Phi) is 5.03. The first-order chi connectivity index (χ1) is 12.2. The van der Waals surface area contributed by atoms with E-state index in [0.29, 0.717) is 23.6 Å². The molecule has 0 fully saturated rings. The first-order valence-corrected chi connectivity index (χ1v) is 7.73. The number of rotatable bonds is 6. The SMILES string of the molecule is CN/N=C/CNc1ncnc2c(OC)cc(-c3ccc(F)cc3)cc12. The van der Waals surface area contributed by atoms with Crippen molar-refractivity contribution in [3.63, 3.8) is 0 Å². The molecule has 2 N–H and O–H groups in total. The summed E-state index contributed by atoms with van der Waals surface area (Å²) in [5.41, 5.74) is 5.17. The topological polar surface area (TPSA) is 71.4 Å². The number of methoxy groups -OCH3 is 1. The van der Waals surface area contributed by atoms with Gasteiger partial charge in [0.2, 0.25) is 0 Å². The van der Waals surface area contributed by atoms with E-state index in [1.807, 2.05) is 12.1 Å². The van der Waals surface area contributed by atoms with Crippen molar-refractivity contribution >= 4 is 22.9 Å². The van der Waals surface area contributed by atoms with Crippen LogP contribution >= 0.6 is 0 Å². The Bertz CT molecular complexity index is 896. The zero-order valence-electron chi connectivity index (χ0n) is 14.0. The van der Waals surface area contributed by atoms with E-state index in [-0.39, 0.29) is 5.82 Å². The molecule has 0 aliphatic heterocycles. The second kappa shape index (κ2) is 7.57. The zero-order valence-corrected chi connectivity index (χ0v) is 14.0. The number of hydrogen-bond donors (Lipinski definition) is 2. The fourth-order valence-electron chi connectivity index (χ4n) is 2.52. The molecule has 25 heavy (non-hydrogen) atoms. The lowest BCUT2D eigenvalue weighted by molar-refractivity contribution is 0.419. The number of aromatic nitrogens is 2. The van der Waals surface area contributed by atoms with Crippen LogP contribution in [0.15, 0.2) is 47.8 Å². The molecule has 128 valence electrons. The number of fused-ring (bicyclic) bond motifs is 1.